The van der Waals surface area contributed by atoms with Crippen LogP contribution in [0.2, 0.25) is 0 Å². The SMILES string of the molecule is CC/C=C\C/C=C\C/C=C\C/C=C\C/C=C\CCCCCCCCCCCCCCCC(=O)OCC(COC(=O)CCCCCCC/C=C\CCCCCC)OC(=O)CCCCCCC/C=C\CCCCCCC. The van der Waals surface area contributed by atoms with Crippen molar-refractivity contribution in [2.24, 2.45) is 0 Å². The molecule has 0 radical (unpaired) electrons. The number of hydrogen-bond donors (Lipinski definition) is 0. The summed E-state index contributed by atoms with van der Waals surface area (Å²) in [6.07, 6.45) is 81.6. The van der Waals surface area contributed by atoms with Crippen molar-refractivity contribution in [2.75, 3.05) is 13.2 Å². The monoisotopic (exact) mass is 1030 g/mol. The number of carbonyl (C=O) groups is 3. The number of carbonyl (C=O) groups excluding carboxylic acids is 3. The van der Waals surface area contributed by atoms with Crippen LogP contribution in [0.3, 0.4) is 0 Å². The third-order valence-electron chi connectivity index (χ3n) is 13.6. The van der Waals surface area contributed by atoms with Gasteiger partial charge in [0.1, 0.15) is 13.2 Å². The van der Waals surface area contributed by atoms with E-state index in [0.29, 0.717) is 19.3 Å². The Kier molecular flexibility index (Phi) is 59.3. The van der Waals surface area contributed by atoms with Crippen LogP contribution in [0.1, 0.15) is 310 Å². The Morgan fingerprint density at radius 2 is 0.527 bits per heavy atom. The molecule has 0 saturated heterocycles. The van der Waals surface area contributed by atoms with Gasteiger partial charge < -0.3 is 14.2 Å². The van der Waals surface area contributed by atoms with E-state index in [1.807, 2.05) is 0 Å². The van der Waals surface area contributed by atoms with Crippen LogP contribution in [0.4, 0.5) is 0 Å². The molecule has 0 amide bonds. The number of ether oxygens (including phenoxy) is 3. The first-order chi connectivity index (χ1) is 36.5. The number of rotatable bonds is 57. The molecule has 6 nitrogen and oxygen atoms in total. The van der Waals surface area contributed by atoms with Crippen molar-refractivity contribution in [2.45, 2.75) is 316 Å². The minimum atomic E-state index is -0.784. The summed E-state index contributed by atoms with van der Waals surface area (Å²) >= 11 is 0. The first-order valence-corrected chi connectivity index (χ1v) is 31.6. The molecule has 0 aromatic carbocycles. The fourth-order valence-electron chi connectivity index (χ4n) is 8.87. The van der Waals surface area contributed by atoms with Gasteiger partial charge in [-0.25, -0.2) is 0 Å². The second kappa shape index (κ2) is 62.1. The van der Waals surface area contributed by atoms with Crippen molar-refractivity contribution in [1.29, 1.82) is 0 Å². The highest BCUT2D eigenvalue weighted by molar-refractivity contribution is 5.71. The minimum Gasteiger partial charge on any atom is -0.462 e. The molecule has 0 saturated carbocycles. The van der Waals surface area contributed by atoms with Crippen LogP contribution in [0, 0.1) is 0 Å². The van der Waals surface area contributed by atoms with E-state index < -0.39 is 6.10 Å². The van der Waals surface area contributed by atoms with Gasteiger partial charge in [-0.05, 0) is 116 Å². The Labute approximate surface area is 458 Å². The van der Waals surface area contributed by atoms with Gasteiger partial charge in [0.25, 0.3) is 0 Å². The number of unbranched alkanes of at least 4 members (excludes halogenated alkanes) is 32. The topological polar surface area (TPSA) is 78.9 Å². The second-order valence-corrected chi connectivity index (χ2v) is 20.9. The summed E-state index contributed by atoms with van der Waals surface area (Å²) in [4.78, 5) is 38.2. The summed E-state index contributed by atoms with van der Waals surface area (Å²) in [5, 5.41) is 0. The normalized spacial score (nSPS) is 12.6. The second-order valence-electron chi connectivity index (χ2n) is 20.9. The first-order valence-electron chi connectivity index (χ1n) is 31.6. The lowest BCUT2D eigenvalue weighted by Gasteiger charge is -2.18. The molecule has 0 spiro atoms. The fourth-order valence-corrected chi connectivity index (χ4v) is 8.87. The summed E-state index contributed by atoms with van der Waals surface area (Å²) in [5.74, 6) is -0.889. The molecule has 6 heteroatoms. The van der Waals surface area contributed by atoms with Crippen LogP contribution in [0.5, 0.6) is 0 Å². The van der Waals surface area contributed by atoms with Crippen LogP contribution in [-0.4, -0.2) is 37.2 Å². The molecule has 0 aliphatic rings. The van der Waals surface area contributed by atoms with Crippen molar-refractivity contribution >= 4 is 17.9 Å². The third kappa shape index (κ3) is 59.5. The van der Waals surface area contributed by atoms with Crippen molar-refractivity contribution in [3.63, 3.8) is 0 Å². The van der Waals surface area contributed by atoms with Crippen molar-refractivity contribution in [1.82, 2.24) is 0 Å². The molecular weight excluding hydrogens is 913 g/mol. The van der Waals surface area contributed by atoms with E-state index in [-0.39, 0.29) is 31.1 Å². The van der Waals surface area contributed by atoms with E-state index >= 15 is 0 Å². The van der Waals surface area contributed by atoms with Crippen molar-refractivity contribution < 1.29 is 28.6 Å². The van der Waals surface area contributed by atoms with E-state index in [1.165, 1.54) is 161 Å². The number of esters is 3. The Hall–Kier alpha value is -3.41. The lowest BCUT2D eigenvalue weighted by atomic mass is 10.0. The smallest absolute Gasteiger partial charge is 0.306 e. The van der Waals surface area contributed by atoms with Gasteiger partial charge in [-0.3, -0.25) is 14.4 Å². The van der Waals surface area contributed by atoms with Gasteiger partial charge in [0, 0.05) is 19.3 Å². The lowest BCUT2D eigenvalue weighted by Crippen LogP contribution is -2.30. The van der Waals surface area contributed by atoms with Crippen LogP contribution < -0.4 is 0 Å². The quantitative estimate of drug-likeness (QED) is 0.0261. The van der Waals surface area contributed by atoms with E-state index in [2.05, 4.69) is 106 Å². The molecule has 1 atom stereocenters. The molecular formula is C68H118O6. The Morgan fingerprint density at radius 3 is 0.851 bits per heavy atom. The summed E-state index contributed by atoms with van der Waals surface area (Å²) < 4.78 is 16.9. The molecule has 0 aliphatic carbocycles. The molecule has 426 valence electrons. The average molecular weight is 1030 g/mol. The molecule has 0 N–H and O–H groups in total. The molecule has 74 heavy (non-hydrogen) atoms. The zero-order valence-electron chi connectivity index (χ0n) is 48.8. The number of allylic oxidation sites excluding steroid dienone is 14. The standard InChI is InChI=1S/C68H118O6/c1-4-7-10-13-16-19-22-25-27-28-29-30-31-32-33-34-35-36-37-38-39-40-41-44-46-49-52-55-58-61-67(70)73-64-65(63-72-66(69)60-57-54-51-48-45-42-24-21-18-15-12-9-6-3)74-68(71)62-59-56-53-50-47-43-26-23-20-17-14-11-8-5-2/h7,10,16,19,21,23-27,29-30,32-33,65H,4-6,8-9,11-15,17-18,20,22,28,31,34-64H2,1-3H3/b10-7-,19-16-,24-21-,26-23-,27-25-,30-29-,33-32-. The van der Waals surface area contributed by atoms with Gasteiger partial charge in [-0.15, -0.1) is 0 Å². The molecule has 0 fully saturated rings. The highest BCUT2D eigenvalue weighted by Gasteiger charge is 2.19. The summed E-state index contributed by atoms with van der Waals surface area (Å²) in [6.45, 7) is 6.51. The predicted molar refractivity (Wildman–Crippen MR) is 321 cm³/mol. The van der Waals surface area contributed by atoms with Gasteiger partial charge in [-0.1, -0.05) is 260 Å². The predicted octanol–water partition coefficient (Wildman–Crippen LogP) is 21.5. The Morgan fingerprint density at radius 1 is 0.284 bits per heavy atom. The van der Waals surface area contributed by atoms with Crippen molar-refractivity contribution in [3.8, 4) is 0 Å². The van der Waals surface area contributed by atoms with Gasteiger partial charge in [0.05, 0.1) is 0 Å². The molecule has 0 rings (SSSR count). The summed E-state index contributed by atoms with van der Waals surface area (Å²) in [6, 6.07) is 0. The maximum Gasteiger partial charge on any atom is 0.306 e. The number of hydrogen-bond acceptors (Lipinski definition) is 6. The maximum absolute atomic E-state index is 12.9. The van der Waals surface area contributed by atoms with Gasteiger partial charge in [0.15, 0.2) is 6.10 Å². The van der Waals surface area contributed by atoms with Gasteiger partial charge in [-0.2, -0.15) is 0 Å². The van der Waals surface area contributed by atoms with Crippen LogP contribution in [-0.2, 0) is 28.6 Å². The van der Waals surface area contributed by atoms with Gasteiger partial charge >= 0.3 is 17.9 Å². The lowest BCUT2D eigenvalue weighted by molar-refractivity contribution is -0.167. The molecule has 0 aromatic rings. The fraction of sp³-hybridized carbons (Fsp3) is 0.750. The van der Waals surface area contributed by atoms with E-state index in [0.717, 1.165) is 109 Å². The highest BCUT2D eigenvalue weighted by Crippen LogP contribution is 2.16. The summed E-state index contributed by atoms with van der Waals surface area (Å²) in [5.41, 5.74) is 0. The Bertz CT molecular complexity index is 1420. The Balaban J connectivity index is 4.22. The molecule has 0 aliphatic heterocycles. The maximum atomic E-state index is 12.9. The highest BCUT2D eigenvalue weighted by atomic mass is 16.6. The van der Waals surface area contributed by atoms with Crippen LogP contribution >= 0.6 is 0 Å². The van der Waals surface area contributed by atoms with E-state index in [9.17, 15) is 14.4 Å². The van der Waals surface area contributed by atoms with E-state index in [4.69, 9.17) is 14.2 Å². The molecule has 0 aromatic heterocycles. The zero-order valence-corrected chi connectivity index (χ0v) is 48.8. The third-order valence-corrected chi connectivity index (χ3v) is 13.6. The van der Waals surface area contributed by atoms with Crippen LogP contribution in [0.15, 0.2) is 85.1 Å². The van der Waals surface area contributed by atoms with Crippen molar-refractivity contribution in [3.05, 3.63) is 85.1 Å². The zero-order chi connectivity index (χ0) is 53.6. The minimum absolute atomic E-state index is 0.0810. The molecule has 1 unspecified atom stereocenters. The largest absolute Gasteiger partial charge is 0.462 e. The molecule has 0 bridgehead atoms. The average Bonchev–Trinajstić information content (AvgIpc) is 3.40. The molecule has 0 heterocycles. The first kappa shape index (κ1) is 70.6. The van der Waals surface area contributed by atoms with Crippen LogP contribution in [0.25, 0.3) is 0 Å². The van der Waals surface area contributed by atoms with E-state index in [1.54, 1.807) is 0 Å². The van der Waals surface area contributed by atoms with Gasteiger partial charge in [0.2, 0.25) is 0 Å². The summed E-state index contributed by atoms with van der Waals surface area (Å²) in [7, 11) is 0.